The van der Waals surface area contributed by atoms with Gasteiger partial charge in [-0.05, 0) is 51.0 Å². The molecule has 0 aliphatic rings. The van der Waals surface area contributed by atoms with Crippen LogP contribution in [0.5, 0.6) is 0 Å². The summed E-state index contributed by atoms with van der Waals surface area (Å²) in [7, 11) is 0. The van der Waals surface area contributed by atoms with E-state index in [1.54, 1.807) is 0 Å². The van der Waals surface area contributed by atoms with E-state index in [2.05, 4.69) is 56.8 Å². The van der Waals surface area contributed by atoms with Gasteiger partial charge in [0.15, 0.2) is 0 Å². The third-order valence-corrected chi connectivity index (χ3v) is 3.86. The third kappa shape index (κ3) is 5.75. The molecule has 1 nitrogen and oxygen atoms in total. The zero-order chi connectivity index (χ0) is 15.0. The molecule has 0 spiro atoms. The Morgan fingerprint density at radius 3 is 2.45 bits per heavy atom. The van der Waals surface area contributed by atoms with Crippen molar-refractivity contribution in [3.05, 3.63) is 59.7 Å². The normalized spacial score (nSPS) is 14.9. The van der Waals surface area contributed by atoms with Crippen molar-refractivity contribution >= 4 is 0 Å². The number of rotatable bonds is 8. The highest BCUT2D eigenvalue weighted by atomic mass is 14.6. The Kier molecular flexibility index (Phi) is 7.32. The van der Waals surface area contributed by atoms with Crippen molar-refractivity contribution in [2.24, 2.45) is 11.7 Å². The number of hydrogen-bond donors (Lipinski definition) is 1. The quantitative estimate of drug-likeness (QED) is 0.670. The first-order chi connectivity index (χ1) is 9.54. The second-order valence-electron chi connectivity index (χ2n) is 5.79. The van der Waals surface area contributed by atoms with Gasteiger partial charge >= 0.3 is 0 Å². The molecule has 0 saturated heterocycles. The summed E-state index contributed by atoms with van der Waals surface area (Å²) in [5.41, 5.74) is 10.3. The molecule has 0 aromatic heterocycles. The van der Waals surface area contributed by atoms with Crippen LogP contribution in [0, 0.1) is 5.92 Å². The average Bonchev–Trinajstić information content (AvgIpc) is 2.40. The molecule has 1 aromatic carbocycles. The molecule has 2 N–H and O–H groups in total. The van der Waals surface area contributed by atoms with Crippen molar-refractivity contribution in [1.82, 2.24) is 0 Å². The molecule has 0 fully saturated rings. The van der Waals surface area contributed by atoms with Gasteiger partial charge in [-0.2, -0.15) is 0 Å². The van der Waals surface area contributed by atoms with E-state index in [9.17, 15) is 0 Å². The van der Waals surface area contributed by atoms with Crippen molar-refractivity contribution in [1.29, 1.82) is 0 Å². The topological polar surface area (TPSA) is 26.0 Å². The Labute approximate surface area is 124 Å². The molecule has 1 rings (SSSR count). The van der Waals surface area contributed by atoms with Gasteiger partial charge in [-0.15, -0.1) is 0 Å². The fourth-order valence-corrected chi connectivity index (χ4v) is 2.85. The van der Waals surface area contributed by atoms with Gasteiger partial charge in [0.25, 0.3) is 0 Å². The molecule has 0 aliphatic heterocycles. The van der Waals surface area contributed by atoms with Crippen LogP contribution in [0.1, 0.15) is 45.6 Å². The predicted octanol–water partition coefficient (Wildman–Crippen LogP) is 4.89. The Morgan fingerprint density at radius 2 is 1.90 bits per heavy atom. The van der Waals surface area contributed by atoms with Crippen molar-refractivity contribution < 1.29 is 0 Å². The molecule has 0 radical (unpaired) electrons. The van der Waals surface area contributed by atoms with Crippen molar-refractivity contribution in [2.75, 3.05) is 0 Å². The van der Waals surface area contributed by atoms with Crippen molar-refractivity contribution in [3.8, 4) is 0 Å². The van der Waals surface area contributed by atoms with Crippen molar-refractivity contribution in [3.63, 3.8) is 0 Å². The number of benzene rings is 1. The lowest BCUT2D eigenvalue weighted by Gasteiger charge is -2.24. The summed E-state index contributed by atoms with van der Waals surface area (Å²) >= 11 is 0. The number of nitrogens with two attached hydrogens (primary N) is 1. The maximum absolute atomic E-state index is 6.40. The van der Waals surface area contributed by atoms with E-state index < -0.39 is 0 Å². The van der Waals surface area contributed by atoms with Crippen LogP contribution in [0.3, 0.4) is 0 Å². The van der Waals surface area contributed by atoms with Gasteiger partial charge in [0.1, 0.15) is 0 Å². The minimum Gasteiger partial charge on any atom is -0.327 e. The van der Waals surface area contributed by atoms with E-state index in [4.69, 9.17) is 5.73 Å². The Morgan fingerprint density at radius 1 is 1.25 bits per heavy atom. The van der Waals surface area contributed by atoms with Gasteiger partial charge in [-0.3, -0.25) is 0 Å². The van der Waals surface area contributed by atoms with E-state index >= 15 is 0 Å². The van der Waals surface area contributed by atoms with Crippen molar-refractivity contribution in [2.45, 2.75) is 52.5 Å². The van der Waals surface area contributed by atoms with E-state index in [-0.39, 0.29) is 6.04 Å². The van der Waals surface area contributed by atoms with Crippen LogP contribution in [-0.2, 0) is 6.42 Å². The number of hydrogen-bond acceptors (Lipinski definition) is 1. The summed E-state index contributed by atoms with van der Waals surface area (Å²) in [6.45, 7) is 10.4. The lowest BCUT2D eigenvalue weighted by Crippen LogP contribution is -2.30. The minimum atomic E-state index is 0.249. The van der Waals surface area contributed by atoms with E-state index in [0.717, 1.165) is 31.3 Å². The molecule has 20 heavy (non-hydrogen) atoms. The zero-order valence-corrected chi connectivity index (χ0v) is 13.2. The minimum absolute atomic E-state index is 0.249. The van der Waals surface area contributed by atoms with E-state index in [0.29, 0.717) is 5.92 Å². The fourth-order valence-electron chi connectivity index (χ4n) is 2.85. The second-order valence-corrected chi connectivity index (χ2v) is 5.79. The lowest BCUT2D eigenvalue weighted by atomic mass is 9.86. The van der Waals surface area contributed by atoms with Gasteiger partial charge in [0.2, 0.25) is 0 Å². The second kappa shape index (κ2) is 8.76. The van der Waals surface area contributed by atoms with Gasteiger partial charge in [0, 0.05) is 6.04 Å². The van der Waals surface area contributed by atoms with Gasteiger partial charge < -0.3 is 5.73 Å². The standard InChI is InChI=1S/C19H29N/c1-5-18(16(4)14-15(2)3)19(20)13-9-12-17-10-7-6-8-11-17/h6-8,10-11,14,18-19H,2,5,9,12-13,20H2,1,3-4H3/b16-14-. The number of allylic oxidation sites excluding steroid dienone is 2. The van der Waals surface area contributed by atoms with E-state index in [1.165, 1.54) is 11.1 Å². The molecule has 0 saturated carbocycles. The molecule has 0 aliphatic carbocycles. The van der Waals surface area contributed by atoms with Gasteiger partial charge in [-0.1, -0.05) is 61.1 Å². The van der Waals surface area contributed by atoms with Crippen LogP contribution in [0.25, 0.3) is 0 Å². The van der Waals surface area contributed by atoms with Crippen LogP contribution in [0.15, 0.2) is 54.1 Å². The summed E-state index contributed by atoms with van der Waals surface area (Å²) in [6.07, 6.45) is 6.62. The molecule has 1 aromatic rings. The molecular formula is C19H29N. The van der Waals surface area contributed by atoms with Gasteiger partial charge in [-0.25, -0.2) is 0 Å². The summed E-state index contributed by atoms with van der Waals surface area (Å²) < 4.78 is 0. The first-order valence-corrected chi connectivity index (χ1v) is 7.67. The van der Waals surface area contributed by atoms with Crippen LogP contribution >= 0.6 is 0 Å². The fraction of sp³-hybridized carbons (Fsp3) is 0.474. The first-order valence-electron chi connectivity index (χ1n) is 7.67. The molecule has 1 heteroatoms. The maximum atomic E-state index is 6.40. The van der Waals surface area contributed by atoms with Crippen LogP contribution in [-0.4, -0.2) is 6.04 Å². The summed E-state index contributed by atoms with van der Waals surface area (Å²) in [5, 5.41) is 0. The van der Waals surface area contributed by atoms with Crippen LogP contribution < -0.4 is 5.73 Å². The monoisotopic (exact) mass is 271 g/mol. The zero-order valence-electron chi connectivity index (χ0n) is 13.2. The molecule has 2 unspecified atom stereocenters. The largest absolute Gasteiger partial charge is 0.327 e. The van der Waals surface area contributed by atoms with E-state index in [1.807, 2.05) is 6.92 Å². The average molecular weight is 271 g/mol. The Hall–Kier alpha value is -1.34. The van der Waals surface area contributed by atoms with Crippen LogP contribution in [0.4, 0.5) is 0 Å². The molecule has 0 heterocycles. The summed E-state index contributed by atoms with van der Waals surface area (Å²) in [6, 6.07) is 10.9. The highest BCUT2D eigenvalue weighted by Crippen LogP contribution is 2.22. The Balaban J connectivity index is 2.47. The smallest absolute Gasteiger partial charge is 0.0105 e. The number of aryl methyl sites for hydroxylation is 1. The molecule has 110 valence electrons. The third-order valence-electron chi connectivity index (χ3n) is 3.86. The molecule has 0 bridgehead atoms. The molecular weight excluding hydrogens is 242 g/mol. The summed E-state index contributed by atoms with van der Waals surface area (Å²) in [4.78, 5) is 0. The van der Waals surface area contributed by atoms with Crippen LogP contribution in [0.2, 0.25) is 0 Å². The highest BCUT2D eigenvalue weighted by Gasteiger charge is 2.17. The lowest BCUT2D eigenvalue weighted by molar-refractivity contribution is 0.430. The molecule has 2 atom stereocenters. The SMILES string of the molecule is C=C(C)/C=C(/C)C(CC)C(N)CCCc1ccccc1. The van der Waals surface area contributed by atoms with Gasteiger partial charge in [0.05, 0.1) is 0 Å². The highest BCUT2D eigenvalue weighted by molar-refractivity contribution is 5.20. The summed E-state index contributed by atoms with van der Waals surface area (Å²) in [5.74, 6) is 0.475. The predicted molar refractivity (Wildman–Crippen MR) is 89.7 cm³/mol. The Bertz CT molecular complexity index is 430. The maximum Gasteiger partial charge on any atom is 0.0105 e. The molecule has 0 amide bonds. The first kappa shape index (κ1) is 16.7.